The second-order valence-electron chi connectivity index (χ2n) is 7.53. The third-order valence-corrected chi connectivity index (χ3v) is 5.44. The Balaban J connectivity index is 0.00000385. The molecule has 0 aliphatic carbocycles. The molecule has 2 N–H and O–H groups in total. The number of nitrogens with zero attached hydrogens (tertiary/aromatic N) is 3. The van der Waals surface area contributed by atoms with E-state index in [9.17, 15) is 18.0 Å². The molecule has 1 aliphatic rings. The van der Waals surface area contributed by atoms with Crippen LogP contribution in [-0.4, -0.2) is 63.6 Å². The van der Waals surface area contributed by atoms with Gasteiger partial charge < -0.3 is 20.4 Å². The van der Waals surface area contributed by atoms with Crippen molar-refractivity contribution in [3.05, 3.63) is 65.2 Å². The highest BCUT2D eigenvalue weighted by molar-refractivity contribution is 14.0. The van der Waals surface area contributed by atoms with E-state index in [-0.39, 0.29) is 29.9 Å². The van der Waals surface area contributed by atoms with Crippen LogP contribution in [0.25, 0.3) is 0 Å². The summed E-state index contributed by atoms with van der Waals surface area (Å²) in [6.45, 7) is 3.17. The Bertz CT molecular complexity index is 959. The predicted octanol–water partition coefficient (Wildman–Crippen LogP) is 3.62. The van der Waals surface area contributed by atoms with Gasteiger partial charge in [0.25, 0.3) is 5.91 Å². The van der Waals surface area contributed by atoms with Gasteiger partial charge >= 0.3 is 6.18 Å². The van der Waals surface area contributed by atoms with Gasteiger partial charge in [-0.05, 0) is 42.3 Å². The monoisotopic (exact) mass is 575 g/mol. The smallest absolute Gasteiger partial charge is 0.368 e. The lowest BCUT2D eigenvalue weighted by molar-refractivity contribution is -0.137. The van der Waals surface area contributed by atoms with Crippen molar-refractivity contribution in [2.24, 2.45) is 4.99 Å². The molecule has 0 unspecified atom stereocenters. The molecular weight excluding hydrogens is 546 g/mol. The number of carbonyl (C=O) groups excluding carboxylic acids is 1. The molecule has 1 amide bonds. The van der Waals surface area contributed by atoms with E-state index in [0.717, 1.165) is 24.0 Å². The number of amides is 1. The molecule has 180 valence electrons. The fourth-order valence-corrected chi connectivity index (χ4v) is 3.72. The van der Waals surface area contributed by atoms with E-state index in [1.165, 1.54) is 12.1 Å². The number of nitrogens with one attached hydrogen (secondary N) is 2. The zero-order chi connectivity index (χ0) is 23.1. The molecule has 1 fully saturated rings. The number of alkyl halides is 3. The van der Waals surface area contributed by atoms with Gasteiger partial charge in [-0.1, -0.05) is 18.2 Å². The minimum absolute atomic E-state index is 0. The summed E-state index contributed by atoms with van der Waals surface area (Å²) < 4.78 is 39.0. The number of benzene rings is 2. The molecule has 0 spiro atoms. The van der Waals surface area contributed by atoms with E-state index in [0.29, 0.717) is 44.0 Å². The molecule has 3 rings (SSSR count). The first-order valence-corrected chi connectivity index (χ1v) is 10.5. The van der Waals surface area contributed by atoms with Crippen molar-refractivity contribution >= 4 is 41.5 Å². The molecule has 1 saturated heterocycles. The van der Waals surface area contributed by atoms with Crippen molar-refractivity contribution in [2.75, 3.05) is 51.7 Å². The van der Waals surface area contributed by atoms with Gasteiger partial charge in [0.05, 0.1) is 5.56 Å². The number of aliphatic imine (C=N–C) groups is 1. The molecule has 10 heteroatoms. The normalized spacial score (nSPS) is 14.5. The SMILES string of the molecule is CN=C(NCCc1cccc(C(=O)NC)c1)N1CCN(c2cccc(C(F)(F)F)c2)CC1.I. The summed E-state index contributed by atoms with van der Waals surface area (Å²) in [6.07, 6.45) is -3.61. The van der Waals surface area contributed by atoms with Gasteiger partial charge in [-0.3, -0.25) is 9.79 Å². The quantitative estimate of drug-likeness (QED) is 0.325. The van der Waals surface area contributed by atoms with Crippen molar-refractivity contribution in [3.63, 3.8) is 0 Å². The highest BCUT2D eigenvalue weighted by Gasteiger charge is 2.31. The maximum atomic E-state index is 13.0. The third-order valence-electron chi connectivity index (χ3n) is 5.44. The van der Waals surface area contributed by atoms with Crippen molar-refractivity contribution in [1.82, 2.24) is 15.5 Å². The maximum absolute atomic E-state index is 13.0. The Kier molecular flexibility index (Phi) is 9.81. The molecule has 0 atom stereocenters. The molecule has 1 aliphatic heterocycles. The molecule has 0 radical (unpaired) electrons. The lowest BCUT2D eigenvalue weighted by Crippen LogP contribution is -2.52. The highest BCUT2D eigenvalue weighted by Crippen LogP contribution is 2.31. The molecule has 2 aromatic carbocycles. The Morgan fingerprint density at radius 1 is 1.06 bits per heavy atom. The van der Waals surface area contributed by atoms with E-state index in [1.54, 1.807) is 26.2 Å². The molecule has 1 heterocycles. The summed E-state index contributed by atoms with van der Waals surface area (Å²) in [6, 6.07) is 12.9. The van der Waals surface area contributed by atoms with Crippen LogP contribution in [-0.2, 0) is 12.6 Å². The molecule has 2 aromatic rings. The van der Waals surface area contributed by atoms with Crippen LogP contribution in [0.15, 0.2) is 53.5 Å². The first-order chi connectivity index (χ1) is 15.3. The van der Waals surface area contributed by atoms with Crippen molar-refractivity contribution in [1.29, 1.82) is 0 Å². The number of carbonyl (C=O) groups is 1. The molecular formula is C23H29F3IN5O. The number of piperazine rings is 1. The van der Waals surface area contributed by atoms with Crippen LogP contribution in [0.4, 0.5) is 18.9 Å². The molecule has 0 aromatic heterocycles. The van der Waals surface area contributed by atoms with E-state index >= 15 is 0 Å². The first-order valence-electron chi connectivity index (χ1n) is 10.5. The summed E-state index contributed by atoms with van der Waals surface area (Å²) in [5.74, 6) is 0.644. The van der Waals surface area contributed by atoms with Crippen molar-refractivity contribution in [3.8, 4) is 0 Å². The van der Waals surface area contributed by atoms with Gasteiger partial charge in [0.1, 0.15) is 0 Å². The Hall–Kier alpha value is -2.50. The van der Waals surface area contributed by atoms with E-state index in [1.807, 2.05) is 23.1 Å². The standard InChI is InChI=1S/C23H28F3N5O.HI/c1-27-21(32)18-6-3-5-17(15-18)9-10-29-22(28-2)31-13-11-30(12-14-31)20-8-4-7-19(16-20)23(24,25)26;/h3-8,15-16H,9-14H2,1-2H3,(H,27,32)(H,28,29);1H. The summed E-state index contributed by atoms with van der Waals surface area (Å²) in [5, 5.41) is 5.96. The highest BCUT2D eigenvalue weighted by atomic mass is 127. The zero-order valence-electron chi connectivity index (χ0n) is 18.7. The summed E-state index contributed by atoms with van der Waals surface area (Å²) in [7, 11) is 3.32. The van der Waals surface area contributed by atoms with Crippen LogP contribution in [0.1, 0.15) is 21.5 Å². The van der Waals surface area contributed by atoms with E-state index in [4.69, 9.17) is 0 Å². The second kappa shape index (κ2) is 12.1. The maximum Gasteiger partial charge on any atom is 0.416 e. The second-order valence-corrected chi connectivity index (χ2v) is 7.53. The number of anilines is 1. The zero-order valence-corrected chi connectivity index (χ0v) is 21.0. The average molecular weight is 575 g/mol. The minimum Gasteiger partial charge on any atom is -0.368 e. The topological polar surface area (TPSA) is 60.0 Å². The Labute approximate surface area is 209 Å². The Morgan fingerprint density at radius 2 is 1.76 bits per heavy atom. The number of halogens is 4. The van der Waals surface area contributed by atoms with Crippen LogP contribution in [0.5, 0.6) is 0 Å². The lowest BCUT2D eigenvalue weighted by Gasteiger charge is -2.37. The Morgan fingerprint density at radius 3 is 2.39 bits per heavy atom. The van der Waals surface area contributed by atoms with E-state index < -0.39 is 11.7 Å². The van der Waals surface area contributed by atoms with E-state index in [2.05, 4.69) is 20.5 Å². The predicted molar refractivity (Wildman–Crippen MR) is 136 cm³/mol. The largest absolute Gasteiger partial charge is 0.416 e. The van der Waals surface area contributed by atoms with Gasteiger partial charge in [0.2, 0.25) is 0 Å². The van der Waals surface area contributed by atoms with Crippen molar-refractivity contribution < 1.29 is 18.0 Å². The van der Waals surface area contributed by atoms with Crippen LogP contribution in [0, 0.1) is 0 Å². The number of hydrogen-bond acceptors (Lipinski definition) is 3. The molecule has 0 bridgehead atoms. The fraction of sp³-hybridized carbons (Fsp3) is 0.391. The van der Waals surface area contributed by atoms with Crippen molar-refractivity contribution in [2.45, 2.75) is 12.6 Å². The minimum atomic E-state index is -4.34. The summed E-state index contributed by atoms with van der Waals surface area (Å²) in [5.41, 5.74) is 1.62. The van der Waals surface area contributed by atoms with Crippen LogP contribution in [0.2, 0.25) is 0 Å². The molecule has 6 nitrogen and oxygen atoms in total. The lowest BCUT2D eigenvalue weighted by atomic mass is 10.1. The molecule has 0 saturated carbocycles. The molecule has 33 heavy (non-hydrogen) atoms. The first kappa shape index (κ1) is 26.7. The average Bonchev–Trinajstić information content (AvgIpc) is 2.81. The van der Waals surface area contributed by atoms with Gasteiger partial charge in [-0.25, -0.2) is 0 Å². The number of hydrogen-bond donors (Lipinski definition) is 2. The van der Waals surface area contributed by atoms with Crippen LogP contribution < -0.4 is 15.5 Å². The summed E-state index contributed by atoms with van der Waals surface area (Å²) in [4.78, 5) is 20.2. The van der Waals surface area contributed by atoms with Gasteiger partial charge in [-0.15, -0.1) is 24.0 Å². The third kappa shape index (κ3) is 7.24. The van der Waals surface area contributed by atoms with Crippen LogP contribution in [0.3, 0.4) is 0 Å². The number of rotatable bonds is 5. The van der Waals surface area contributed by atoms with Crippen LogP contribution >= 0.6 is 24.0 Å². The van der Waals surface area contributed by atoms with Gasteiger partial charge in [0, 0.05) is 58.1 Å². The summed E-state index contributed by atoms with van der Waals surface area (Å²) >= 11 is 0. The van der Waals surface area contributed by atoms with Gasteiger partial charge in [0.15, 0.2) is 5.96 Å². The number of guanidine groups is 1. The fourth-order valence-electron chi connectivity index (χ4n) is 3.72. The van der Waals surface area contributed by atoms with Gasteiger partial charge in [-0.2, -0.15) is 13.2 Å².